The second-order valence-corrected chi connectivity index (χ2v) is 6.06. The van der Waals surface area contributed by atoms with Gasteiger partial charge in [-0.1, -0.05) is 18.2 Å². The van der Waals surface area contributed by atoms with E-state index in [9.17, 15) is 13.2 Å². The number of halogens is 3. The van der Waals surface area contributed by atoms with Gasteiger partial charge in [0.05, 0.1) is 5.56 Å². The molecule has 0 aliphatic heterocycles. The predicted octanol–water partition coefficient (Wildman–Crippen LogP) is 3.49. The monoisotopic (exact) mass is 300 g/mol. The lowest BCUT2D eigenvalue weighted by molar-refractivity contribution is -0.137. The quantitative estimate of drug-likeness (QED) is 0.919. The van der Waals surface area contributed by atoms with Crippen LogP contribution in [0.5, 0.6) is 0 Å². The van der Waals surface area contributed by atoms with Crippen molar-refractivity contribution in [1.82, 2.24) is 10.2 Å². The molecule has 1 aromatic carbocycles. The van der Waals surface area contributed by atoms with Gasteiger partial charge in [0.1, 0.15) is 0 Å². The number of likely N-dealkylation sites (N-methyl/N-ethyl adjacent to an activating group) is 2. The maximum atomic E-state index is 12.8. The van der Waals surface area contributed by atoms with Crippen molar-refractivity contribution in [1.29, 1.82) is 0 Å². The summed E-state index contributed by atoms with van der Waals surface area (Å²) in [5.41, 5.74) is 0.267. The molecule has 5 heteroatoms. The lowest BCUT2D eigenvalue weighted by atomic mass is 9.78. The first-order valence-corrected chi connectivity index (χ1v) is 7.33. The van der Waals surface area contributed by atoms with Crippen LogP contribution in [0.25, 0.3) is 0 Å². The molecule has 0 spiro atoms. The fourth-order valence-corrected chi connectivity index (χ4v) is 3.33. The molecule has 1 fully saturated rings. The van der Waals surface area contributed by atoms with E-state index in [1.54, 1.807) is 0 Å². The lowest BCUT2D eigenvalue weighted by Gasteiger charge is -2.40. The Kier molecular flexibility index (Phi) is 4.94. The molecule has 0 bridgehead atoms. The van der Waals surface area contributed by atoms with Crippen molar-refractivity contribution >= 4 is 0 Å². The number of hydrogen-bond acceptors (Lipinski definition) is 2. The average Bonchev–Trinajstić information content (AvgIpc) is 2.45. The minimum absolute atomic E-state index is 0.198. The second-order valence-electron chi connectivity index (χ2n) is 6.06. The van der Waals surface area contributed by atoms with Crippen LogP contribution in [0.1, 0.15) is 36.3 Å². The van der Waals surface area contributed by atoms with Gasteiger partial charge in [-0.15, -0.1) is 0 Å². The molecule has 118 valence electrons. The topological polar surface area (TPSA) is 15.3 Å². The highest BCUT2D eigenvalue weighted by atomic mass is 19.4. The molecule has 0 radical (unpaired) electrons. The Bertz CT molecular complexity index is 471. The van der Waals surface area contributed by atoms with Gasteiger partial charge in [0.2, 0.25) is 0 Å². The summed E-state index contributed by atoms with van der Waals surface area (Å²) in [5, 5.41) is 3.32. The Morgan fingerprint density at radius 2 is 1.90 bits per heavy atom. The third-order valence-electron chi connectivity index (χ3n) is 4.54. The van der Waals surface area contributed by atoms with Gasteiger partial charge in [-0.3, -0.25) is 0 Å². The largest absolute Gasteiger partial charge is 0.416 e. The molecular weight excluding hydrogens is 277 g/mol. The van der Waals surface area contributed by atoms with Crippen molar-refractivity contribution in [2.45, 2.75) is 43.4 Å². The molecule has 0 saturated heterocycles. The minimum atomic E-state index is -4.26. The number of nitrogens with zero attached hydrogens (tertiary/aromatic N) is 1. The number of hydrogen-bond donors (Lipinski definition) is 1. The normalized spacial score (nSPS) is 27.1. The maximum absolute atomic E-state index is 12.8. The molecule has 3 unspecified atom stereocenters. The number of nitrogens with one attached hydrogen (secondary N) is 1. The smallest absolute Gasteiger partial charge is 0.315 e. The van der Waals surface area contributed by atoms with Crippen LogP contribution in [0.15, 0.2) is 24.3 Å². The van der Waals surface area contributed by atoms with E-state index in [4.69, 9.17) is 0 Å². The van der Waals surface area contributed by atoms with Crippen molar-refractivity contribution in [2.24, 2.45) is 0 Å². The Morgan fingerprint density at radius 1 is 1.19 bits per heavy atom. The first-order chi connectivity index (χ1) is 9.82. The SMILES string of the molecule is CNC1CCC(c2cccc(C(F)(F)F)c2)CC1N(C)C. The Hall–Kier alpha value is -1.07. The van der Waals surface area contributed by atoms with Crippen molar-refractivity contribution in [3.8, 4) is 0 Å². The minimum Gasteiger partial charge on any atom is -0.315 e. The van der Waals surface area contributed by atoms with Gasteiger partial charge in [0, 0.05) is 12.1 Å². The average molecular weight is 300 g/mol. The molecule has 0 heterocycles. The van der Waals surface area contributed by atoms with Crippen LogP contribution >= 0.6 is 0 Å². The molecule has 21 heavy (non-hydrogen) atoms. The molecule has 0 aromatic heterocycles. The van der Waals surface area contributed by atoms with Crippen LogP contribution < -0.4 is 5.32 Å². The zero-order chi connectivity index (χ0) is 15.6. The van der Waals surface area contributed by atoms with Gasteiger partial charge in [-0.25, -0.2) is 0 Å². The first-order valence-electron chi connectivity index (χ1n) is 7.33. The maximum Gasteiger partial charge on any atom is 0.416 e. The third kappa shape index (κ3) is 3.77. The van der Waals surface area contributed by atoms with Gasteiger partial charge >= 0.3 is 6.18 Å². The van der Waals surface area contributed by atoms with Crippen LogP contribution in [0.2, 0.25) is 0 Å². The summed E-state index contributed by atoms with van der Waals surface area (Å²) in [6, 6.07) is 6.56. The van der Waals surface area contributed by atoms with E-state index in [2.05, 4.69) is 10.2 Å². The van der Waals surface area contributed by atoms with E-state index in [1.807, 2.05) is 27.2 Å². The van der Waals surface area contributed by atoms with Gasteiger partial charge in [-0.2, -0.15) is 13.2 Å². The summed E-state index contributed by atoms with van der Waals surface area (Å²) >= 11 is 0. The summed E-state index contributed by atoms with van der Waals surface area (Å²) in [6.07, 6.45) is -1.46. The summed E-state index contributed by atoms with van der Waals surface area (Å²) < 4.78 is 38.5. The molecule has 1 aromatic rings. The molecule has 2 nitrogen and oxygen atoms in total. The molecule has 2 rings (SSSR count). The van der Waals surface area contributed by atoms with Crippen LogP contribution in [0, 0.1) is 0 Å². The Morgan fingerprint density at radius 3 is 2.48 bits per heavy atom. The van der Waals surface area contributed by atoms with Crippen LogP contribution in [-0.2, 0) is 6.18 Å². The lowest BCUT2D eigenvalue weighted by Crippen LogP contribution is -2.49. The number of benzene rings is 1. The summed E-state index contributed by atoms with van der Waals surface area (Å²) in [4.78, 5) is 2.17. The zero-order valence-corrected chi connectivity index (χ0v) is 12.7. The second kappa shape index (κ2) is 6.36. The summed E-state index contributed by atoms with van der Waals surface area (Å²) in [6.45, 7) is 0. The molecule has 0 amide bonds. The highest BCUT2D eigenvalue weighted by Gasteiger charge is 2.34. The number of alkyl halides is 3. The molecule has 1 aliphatic carbocycles. The van der Waals surface area contributed by atoms with Gasteiger partial charge in [0.15, 0.2) is 0 Å². The van der Waals surface area contributed by atoms with Crippen LogP contribution in [0.4, 0.5) is 13.2 Å². The van der Waals surface area contributed by atoms with Crippen molar-refractivity contribution in [3.05, 3.63) is 35.4 Å². The van der Waals surface area contributed by atoms with E-state index < -0.39 is 11.7 Å². The van der Waals surface area contributed by atoms with Gasteiger partial charge in [-0.05, 0) is 58.0 Å². The molecule has 1 aliphatic rings. The predicted molar refractivity (Wildman–Crippen MR) is 78.4 cm³/mol. The van der Waals surface area contributed by atoms with Crippen molar-refractivity contribution < 1.29 is 13.2 Å². The number of rotatable bonds is 3. The van der Waals surface area contributed by atoms with Crippen molar-refractivity contribution in [2.75, 3.05) is 21.1 Å². The van der Waals surface area contributed by atoms with Crippen molar-refractivity contribution in [3.63, 3.8) is 0 Å². The third-order valence-corrected chi connectivity index (χ3v) is 4.54. The highest BCUT2D eigenvalue weighted by Crippen LogP contribution is 2.37. The van der Waals surface area contributed by atoms with E-state index in [0.717, 1.165) is 30.9 Å². The zero-order valence-electron chi connectivity index (χ0n) is 12.7. The molecule has 3 atom stereocenters. The first kappa shape index (κ1) is 16.3. The molecule has 1 N–H and O–H groups in total. The molecule has 1 saturated carbocycles. The Balaban J connectivity index is 2.19. The van der Waals surface area contributed by atoms with Gasteiger partial charge in [0.25, 0.3) is 0 Å². The van der Waals surface area contributed by atoms with E-state index in [0.29, 0.717) is 12.1 Å². The van der Waals surface area contributed by atoms with E-state index >= 15 is 0 Å². The fraction of sp³-hybridized carbons (Fsp3) is 0.625. The van der Waals surface area contributed by atoms with E-state index in [-0.39, 0.29) is 5.92 Å². The fourth-order valence-electron chi connectivity index (χ4n) is 3.33. The van der Waals surface area contributed by atoms with Crippen LogP contribution in [-0.4, -0.2) is 38.1 Å². The van der Waals surface area contributed by atoms with Gasteiger partial charge < -0.3 is 10.2 Å². The summed E-state index contributed by atoms with van der Waals surface area (Å²) in [7, 11) is 6.01. The highest BCUT2D eigenvalue weighted by molar-refractivity contribution is 5.29. The molecular formula is C16H23F3N2. The summed E-state index contributed by atoms with van der Waals surface area (Å²) in [5.74, 6) is 0.198. The van der Waals surface area contributed by atoms with Crippen LogP contribution in [0.3, 0.4) is 0 Å². The standard InChI is InChI=1S/C16H23F3N2/c1-20-14-8-7-12(10-15(14)21(2)3)11-5-4-6-13(9-11)16(17,18)19/h4-6,9,12,14-15,20H,7-8,10H2,1-3H3. The van der Waals surface area contributed by atoms with E-state index in [1.165, 1.54) is 12.1 Å². The Labute approximate surface area is 124 Å².